The van der Waals surface area contributed by atoms with E-state index in [2.05, 4.69) is 12.2 Å². The number of rotatable bonds is 4. The summed E-state index contributed by atoms with van der Waals surface area (Å²) in [6.07, 6.45) is 6.47. The second-order valence-corrected chi connectivity index (χ2v) is 5.63. The summed E-state index contributed by atoms with van der Waals surface area (Å²) in [5, 5.41) is 18.9. The van der Waals surface area contributed by atoms with Crippen molar-refractivity contribution in [3.63, 3.8) is 0 Å². The van der Waals surface area contributed by atoms with Crippen LogP contribution in [0.15, 0.2) is 36.4 Å². The molecule has 0 amide bonds. The van der Waals surface area contributed by atoms with E-state index >= 15 is 0 Å². The highest BCUT2D eigenvalue weighted by Crippen LogP contribution is 2.55. The number of carbonyl (C=O) groups is 1. The first-order chi connectivity index (χ1) is 9.16. The van der Waals surface area contributed by atoms with E-state index in [9.17, 15) is 9.90 Å². The molecule has 1 fully saturated rings. The van der Waals surface area contributed by atoms with Gasteiger partial charge in [0, 0.05) is 6.42 Å². The van der Waals surface area contributed by atoms with Crippen molar-refractivity contribution in [2.75, 3.05) is 0 Å². The monoisotopic (exact) mass is 258 g/mol. The Kier molecular flexibility index (Phi) is 3.05. The normalized spacial score (nSPS) is 31.8. The van der Waals surface area contributed by atoms with Crippen LogP contribution in [-0.4, -0.2) is 16.2 Å². The first kappa shape index (κ1) is 12.3. The molecule has 3 heteroatoms. The third-order valence-corrected chi connectivity index (χ3v) is 4.61. The van der Waals surface area contributed by atoms with Crippen LogP contribution >= 0.6 is 0 Å². The molecule has 0 heterocycles. The van der Waals surface area contributed by atoms with Gasteiger partial charge in [-0.3, -0.25) is 4.79 Å². The van der Waals surface area contributed by atoms with Crippen LogP contribution in [0, 0.1) is 17.8 Å². The second-order valence-electron chi connectivity index (χ2n) is 5.63. The number of carboxylic acids is 1. The Labute approximate surface area is 112 Å². The molecule has 2 aliphatic carbocycles. The van der Waals surface area contributed by atoms with E-state index in [1.807, 2.05) is 18.2 Å². The fourth-order valence-corrected chi connectivity index (χ4v) is 3.84. The van der Waals surface area contributed by atoms with Gasteiger partial charge in [-0.15, -0.1) is 0 Å². The molecule has 4 atom stereocenters. The van der Waals surface area contributed by atoms with Gasteiger partial charge in [-0.1, -0.05) is 30.4 Å². The molecule has 0 spiro atoms. The number of carboxylic acid groups (broad SMARTS) is 1. The van der Waals surface area contributed by atoms with Gasteiger partial charge in [0.15, 0.2) is 0 Å². The summed E-state index contributed by atoms with van der Waals surface area (Å²) in [6, 6.07) is 7.47. The van der Waals surface area contributed by atoms with Crippen LogP contribution in [0.2, 0.25) is 0 Å². The summed E-state index contributed by atoms with van der Waals surface area (Å²) in [6.45, 7) is 0. The van der Waals surface area contributed by atoms with Crippen LogP contribution in [0.25, 0.3) is 0 Å². The van der Waals surface area contributed by atoms with Crippen molar-refractivity contribution >= 4 is 5.97 Å². The molecule has 0 aliphatic heterocycles. The van der Waals surface area contributed by atoms with E-state index in [0.29, 0.717) is 29.9 Å². The molecule has 2 N–H and O–H groups in total. The number of phenols is 1. The van der Waals surface area contributed by atoms with Crippen LogP contribution in [0.1, 0.15) is 30.7 Å². The maximum atomic E-state index is 10.8. The highest BCUT2D eigenvalue weighted by atomic mass is 16.4. The number of hydrogen-bond acceptors (Lipinski definition) is 2. The average molecular weight is 258 g/mol. The number of aliphatic carboxylic acids is 1. The van der Waals surface area contributed by atoms with Gasteiger partial charge in [0.05, 0.1) is 0 Å². The van der Waals surface area contributed by atoms with Crippen molar-refractivity contribution in [1.82, 2.24) is 0 Å². The fraction of sp³-hybridized carbons (Fsp3) is 0.438. The fourth-order valence-electron chi connectivity index (χ4n) is 3.84. The summed E-state index contributed by atoms with van der Waals surface area (Å²) < 4.78 is 0. The number of para-hydroxylation sites is 1. The van der Waals surface area contributed by atoms with Gasteiger partial charge >= 0.3 is 5.97 Å². The Bertz CT molecular complexity index is 520. The van der Waals surface area contributed by atoms with Crippen LogP contribution in [0.5, 0.6) is 5.75 Å². The standard InChI is InChI=1S/C16H18O3/c17-14-4-2-1-3-13(14)16-11-6-5-10(9-11)12(16)7-8-15(18)19/h1-6,10-12,16-17H,7-9H2,(H,18,19). The molecular weight excluding hydrogens is 240 g/mol. The molecule has 3 nitrogen and oxygen atoms in total. The predicted octanol–water partition coefficient (Wildman–Crippen LogP) is 3.16. The Balaban J connectivity index is 1.88. The van der Waals surface area contributed by atoms with Crippen molar-refractivity contribution in [2.45, 2.75) is 25.2 Å². The van der Waals surface area contributed by atoms with Crippen molar-refractivity contribution in [1.29, 1.82) is 0 Å². The number of allylic oxidation sites excluding steroid dienone is 2. The lowest BCUT2D eigenvalue weighted by atomic mass is 9.76. The maximum Gasteiger partial charge on any atom is 0.303 e. The van der Waals surface area contributed by atoms with Crippen molar-refractivity contribution in [3.8, 4) is 5.75 Å². The number of fused-ring (bicyclic) bond motifs is 2. The highest BCUT2D eigenvalue weighted by Gasteiger charge is 2.45. The Morgan fingerprint density at radius 2 is 1.95 bits per heavy atom. The molecule has 2 aliphatic rings. The Morgan fingerprint density at radius 1 is 1.21 bits per heavy atom. The number of benzene rings is 1. The number of hydrogen-bond donors (Lipinski definition) is 2. The molecule has 0 saturated heterocycles. The third-order valence-electron chi connectivity index (χ3n) is 4.61. The molecule has 19 heavy (non-hydrogen) atoms. The average Bonchev–Trinajstić information content (AvgIpc) is 2.97. The van der Waals surface area contributed by atoms with E-state index in [4.69, 9.17) is 5.11 Å². The largest absolute Gasteiger partial charge is 0.508 e. The summed E-state index contributed by atoms with van der Waals surface area (Å²) in [5.74, 6) is 1.16. The van der Waals surface area contributed by atoms with Crippen molar-refractivity contribution in [3.05, 3.63) is 42.0 Å². The van der Waals surface area contributed by atoms with Crippen LogP contribution in [-0.2, 0) is 4.79 Å². The number of phenolic OH excluding ortho intramolecular Hbond substituents is 1. The van der Waals surface area contributed by atoms with Gasteiger partial charge in [0.1, 0.15) is 5.75 Å². The van der Waals surface area contributed by atoms with Crippen LogP contribution in [0.3, 0.4) is 0 Å². The molecular formula is C16H18O3. The molecule has 0 aromatic heterocycles. The maximum absolute atomic E-state index is 10.8. The second kappa shape index (κ2) is 4.72. The molecule has 4 unspecified atom stereocenters. The van der Waals surface area contributed by atoms with E-state index in [0.717, 1.165) is 12.0 Å². The first-order valence-corrected chi connectivity index (χ1v) is 6.85. The van der Waals surface area contributed by atoms with Crippen LogP contribution in [0.4, 0.5) is 0 Å². The quantitative estimate of drug-likeness (QED) is 0.815. The van der Waals surface area contributed by atoms with Gasteiger partial charge in [0.2, 0.25) is 0 Å². The van der Waals surface area contributed by atoms with Gasteiger partial charge in [0.25, 0.3) is 0 Å². The zero-order valence-electron chi connectivity index (χ0n) is 10.7. The minimum atomic E-state index is -0.734. The van der Waals surface area contributed by atoms with Crippen LogP contribution < -0.4 is 0 Å². The van der Waals surface area contributed by atoms with Gasteiger partial charge in [-0.25, -0.2) is 0 Å². The van der Waals surface area contributed by atoms with Gasteiger partial charge in [-0.2, -0.15) is 0 Å². The highest BCUT2D eigenvalue weighted by molar-refractivity contribution is 5.66. The zero-order chi connectivity index (χ0) is 13.4. The lowest BCUT2D eigenvalue weighted by Crippen LogP contribution is -2.19. The minimum Gasteiger partial charge on any atom is -0.508 e. The summed E-state index contributed by atoms with van der Waals surface area (Å²) in [5.41, 5.74) is 0.981. The Morgan fingerprint density at radius 3 is 2.68 bits per heavy atom. The molecule has 1 saturated carbocycles. The third kappa shape index (κ3) is 2.14. The van der Waals surface area contributed by atoms with E-state index in [1.165, 1.54) is 0 Å². The summed E-state index contributed by atoms with van der Waals surface area (Å²) in [4.78, 5) is 10.8. The molecule has 1 aromatic rings. The molecule has 0 radical (unpaired) electrons. The molecule has 2 bridgehead atoms. The number of aromatic hydroxyl groups is 1. The van der Waals surface area contributed by atoms with Gasteiger partial charge in [-0.05, 0) is 48.1 Å². The molecule has 1 aromatic carbocycles. The zero-order valence-corrected chi connectivity index (χ0v) is 10.7. The SMILES string of the molecule is O=C(O)CCC1C2C=CC(C2)C1c1ccccc1O. The smallest absolute Gasteiger partial charge is 0.303 e. The first-order valence-electron chi connectivity index (χ1n) is 6.85. The topological polar surface area (TPSA) is 57.5 Å². The molecule has 100 valence electrons. The predicted molar refractivity (Wildman–Crippen MR) is 71.9 cm³/mol. The van der Waals surface area contributed by atoms with E-state index < -0.39 is 5.97 Å². The Hall–Kier alpha value is -1.77. The van der Waals surface area contributed by atoms with Crippen molar-refractivity contribution < 1.29 is 15.0 Å². The summed E-state index contributed by atoms with van der Waals surface area (Å²) in [7, 11) is 0. The van der Waals surface area contributed by atoms with Crippen molar-refractivity contribution in [2.24, 2.45) is 17.8 Å². The van der Waals surface area contributed by atoms with Gasteiger partial charge < -0.3 is 10.2 Å². The van der Waals surface area contributed by atoms with E-state index in [1.54, 1.807) is 6.07 Å². The summed E-state index contributed by atoms with van der Waals surface area (Å²) >= 11 is 0. The lowest BCUT2D eigenvalue weighted by molar-refractivity contribution is -0.137. The minimum absolute atomic E-state index is 0.214. The van der Waals surface area contributed by atoms with E-state index in [-0.39, 0.29) is 12.3 Å². The molecule has 3 rings (SSSR count). The lowest BCUT2D eigenvalue weighted by Gasteiger charge is -2.28.